The molecule has 21 heavy (non-hydrogen) atoms. The van der Waals surface area contributed by atoms with Crippen LogP contribution in [0.3, 0.4) is 0 Å². The number of ether oxygens (including phenoxy) is 1. The van der Waals surface area contributed by atoms with Crippen LogP contribution in [0.1, 0.15) is 15.9 Å². The van der Waals surface area contributed by atoms with Crippen LogP contribution in [0.2, 0.25) is 0 Å². The first-order valence-corrected chi connectivity index (χ1v) is 6.41. The maximum absolute atomic E-state index is 11.7. The fourth-order valence-electron chi connectivity index (χ4n) is 2.25. The van der Waals surface area contributed by atoms with Crippen LogP contribution in [0.5, 0.6) is 0 Å². The molecular weight excluding hydrogens is 268 g/mol. The number of nitrogens with two attached hydrogens (primary N) is 1. The second-order valence-electron chi connectivity index (χ2n) is 4.62. The zero-order valence-electron chi connectivity index (χ0n) is 11.7. The van der Waals surface area contributed by atoms with Gasteiger partial charge in [-0.05, 0) is 6.92 Å². The number of anilines is 1. The predicted molar refractivity (Wildman–Crippen MR) is 78.9 cm³/mol. The van der Waals surface area contributed by atoms with Crippen LogP contribution < -0.4 is 5.73 Å². The minimum absolute atomic E-state index is 0.201. The van der Waals surface area contributed by atoms with E-state index in [9.17, 15) is 4.79 Å². The molecule has 6 heteroatoms. The maximum atomic E-state index is 11.7. The highest BCUT2D eigenvalue weighted by Crippen LogP contribution is 2.26. The highest BCUT2D eigenvalue weighted by molar-refractivity contribution is 5.94. The Bertz CT molecular complexity index is 825. The summed E-state index contributed by atoms with van der Waals surface area (Å²) in [4.78, 5) is 15.9. The van der Waals surface area contributed by atoms with Gasteiger partial charge < -0.3 is 10.5 Å². The summed E-state index contributed by atoms with van der Waals surface area (Å²) >= 11 is 0. The van der Waals surface area contributed by atoms with Gasteiger partial charge in [0.2, 0.25) is 0 Å². The second kappa shape index (κ2) is 4.90. The molecule has 6 nitrogen and oxygen atoms in total. The van der Waals surface area contributed by atoms with Gasteiger partial charge in [0, 0.05) is 17.3 Å². The second-order valence-corrected chi connectivity index (χ2v) is 4.62. The first-order valence-electron chi connectivity index (χ1n) is 6.41. The van der Waals surface area contributed by atoms with Crippen molar-refractivity contribution in [2.24, 2.45) is 0 Å². The number of esters is 1. The highest BCUT2D eigenvalue weighted by Gasteiger charge is 2.18. The molecule has 0 saturated heterocycles. The van der Waals surface area contributed by atoms with Gasteiger partial charge in [-0.3, -0.25) is 0 Å². The molecule has 2 aromatic heterocycles. The largest absolute Gasteiger partial charge is 0.465 e. The summed E-state index contributed by atoms with van der Waals surface area (Å²) in [5, 5.41) is 4.48. The molecule has 1 aromatic carbocycles. The van der Waals surface area contributed by atoms with Crippen LogP contribution in [0.4, 0.5) is 5.82 Å². The number of nitrogens with zero attached hydrogens (tertiary/aromatic N) is 3. The third-order valence-corrected chi connectivity index (χ3v) is 3.36. The molecule has 0 saturated carbocycles. The first kappa shape index (κ1) is 13.1. The lowest BCUT2D eigenvalue weighted by Gasteiger charge is -2.04. The Morgan fingerprint density at radius 3 is 2.67 bits per heavy atom. The topological polar surface area (TPSA) is 82.5 Å². The summed E-state index contributed by atoms with van der Waals surface area (Å²) in [6.45, 7) is 1.93. The minimum atomic E-state index is -0.531. The minimum Gasteiger partial charge on any atom is -0.465 e. The van der Waals surface area contributed by atoms with E-state index in [0.717, 1.165) is 16.8 Å². The smallest absolute Gasteiger partial charge is 0.343 e. The molecule has 3 rings (SSSR count). The molecular formula is C15H14N4O2. The molecule has 0 atom stereocenters. The molecule has 0 spiro atoms. The number of carbonyl (C=O) groups is 1. The summed E-state index contributed by atoms with van der Waals surface area (Å²) in [6.07, 6.45) is 1.42. The van der Waals surface area contributed by atoms with E-state index in [-0.39, 0.29) is 11.4 Å². The van der Waals surface area contributed by atoms with E-state index in [4.69, 9.17) is 5.73 Å². The molecule has 106 valence electrons. The van der Waals surface area contributed by atoms with Crippen LogP contribution >= 0.6 is 0 Å². The van der Waals surface area contributed by atoms with Gasteiger partial charge in [0.1, 0.15) is 11.4 Å². The predicted octanol–water partition coefficient (Wildman–Crippen LogP) is 2.07. The van der Waals surface area contributed by atoms with E-state index in [2.05, 4.69) is 14.8 Å². The lowest BCUT2D eigenvalue weighted by atomic mass is 10.1. The SMILES string of the molecule is COC(=O)c1cnc2c(C)c(-c3ccccc3)nn2c1N. The number of carbonyl (C=O) groups excluding carboxylic acids is 1. The standard InChI is InChI=1S/C15H14N4O2/c1-9-12(10-6-4-3-5-7-10)18-19-13(16)11(15(20)21-2)8-17-14(9)19/h3-8H,16H2,1-2H3. The van der Waals surface area contributed by atoms with Gasteiger partial charge in [0.05, 0.1) is 12.8 Å². The van der Waals surface area contributed by atoms with Gasteiger partial charge in [-0.15, -0.1) is 0 Å². The third-order valence-electron chi connectivity index (χ3n) is 3.36. The molecule has 0 bridgehead atoms. The number of fused-ring (bicyclic) bond motifs is 1. The van der Waals surface area contributed by atoms with Gasteiger partial charge in [-0.25, -0.2) is 9.78 Å². The number of hydrogen-bond donors (Lipinski definition) is 1. The Hall–Kier alpha value is -2.89. The fraction of sp³-hybridized carbons (Fsp3) is 0.133. The van der Waals surface area contributed by atoms with E-state index < -0.39 is 5.97 Å². The van der Waals surface area contributed by atoms with Gasteiger partial charge in [-0.1, -0.05) is 30.3 Å². The van der Waals surface area contributed by atoms with E-state index in [0.29, 0.717) is 5.65 Å². The molecule has 0 radical (unpaired) electrons. The monoisotopic (exact) mass is 282 g/mol. The first-order chi connectivity index (χ1) is 10.1. The van der Waals surface area contributed by atoms with Gasteiger partial charge >= 0.3 is 5.97 Å². The van der Waals surface area contributed by atoms with Crippen LogP contribution in [0.25, 0.3) is 16.9 Å². The number of methoxy groups -OCH3 is 1. The summed E-state index contributed by atoms with van der Waals surface area (Å²) < 4.78 is 6.16. The van der Waals surface area contributed by atoms with Gasteiger partial charge in [-0.2, -0.15) is 9.61 Å². The van der Waals surface area contributed by atoms with Crippen molar-refractivity contribution in [1.29, 1.82) is 0 Å². The van der Waals surface area contributed by atoms with E-state index in [1.54, 1.807) is 0 Å². The zero-order valence-corrected chi connectivity index (χ0v) is 11.7. The van der Waals surface area contributed by atoms with Crippen LogP contribution in [-0.2, 0) is 4.74 Å². The average Bonchev–Trinajstić information content (AvgIpc) is 2.86. The molecule has 0 fully saturated rings. The normalized spacial score (nSPS) is 10.8. The molecule has 3 aromatic rings. The van der Waals surface area contributed by atoms with E-state index in [1.165, 1.54) is 17.8 Å². The average molecular weight is 282 g/mol. The Labute approximate surface area is 121 Å². The van der Waals surface area contributed by atoms with Crippen molar-refractivity contribution in [2.45, 2.75) is 6.92 Å². The van der Waals surface area contributed by atoms with Crippen molar-refractivity contribution < 1.29 is 9.53 Å². The molecule has 0 amide bonds. The Morgan fingerprint density at radius 1 is 1.29 bits per heavy atom. The van der Waals surface area contributed by atoms with Crippen molar-refractivity contribution in [3.8, 4) is 11.3 Å². The lowest BCUT2D eigenvalue weighted by Crippen LogP contribution is -2.11. The van der Waals surface area contributed by atoms with Crippen molar-refractivity contribution in [3.63, 3.8) is 0 Å². The summed E-state index contributed by atoms with van der Waals surface area (Å²) in [6, 6.07) is 9.75. The number of rotatable bonds is 2. The Balaban J connectivity index is 2.25. The van der Waals surface area contributed by atoms with E-state index in [1.807, 2.05) is 37.3 Å². The molecule has 2 N–H and O–H groups in total. The number of benzene rings is 1. The summed E-state index contributed by atoms with van der Waals surface area (Å²) in [5.41, 5.74) is 9.51. The summed E-state index contributed by atoms with van der Waals surface area (Å²) in [7, 11) is 1.30. The van der Waals surface area contributed by atoms with Gasteiger partial charge in [0.15, 0.2) is 5.65 Å². The van der Waals surface area contributed by atoms with Crippen LogP contribution in [-0.4, -0.2) is 27.7 Å². The maximum Gasteiger partial charge on any atom is 0.343 e. The zero-order chi connectivity index (χ0) is 15.0. The number of aryl methyl sites for hydroxylation is 1. The Kier molecular flexibility index (Phi) is 3.06. The van der Waals surface area contributed by atoms with E-state index >= 15 is 0 Å². The van der Waals surface area contributed by atoms with Crippen LogP contribution in [0, 0.1) is 6.92 Å². The van der Waals surface area contributed by atoms with Crippen molar-refractivity contribution in [1.82, 2.24) is 14.6 Å². The lowest BCUT2D eigenvalue weighted by molar-refractivity contribution is 0.0601. The fourth-order valence-corrected chi connectivity index (χ4v) is 2.25. The number of nitrogen functional groups attached to an aromatic ring is 1. The molecule has 0 aliphatic heterocycles. The molecule has 0 unspecified atom stereocenters. The quantitative estimate of drug-likeness (QED) is 0.727. The van der Waals surface area contributed by atoms with Crippen LogP contribution in [0.15, 0.2) is 36.5 Å². The summed E-state index contributed by atoms with van der Waals surface area (Å²) in [5.74, 6) is -0.312. The van der Waals surface area contributed by atoms with Crippen molar-refractivity contribution in [3.05, 3.63) is 47.7 Å². The molecule has 2 heterocycles. The number of hydrogen-bond acceptors (Lipinski definition) is 5. The number of aromatic nitrogens is 3. The van der Waals surface area contributed by atoms with Crippen molar-refractivity contribution >= 4 is 17.4 Å². The van der Waals surface area contributed by atoms with Gasteiger partial charge in [0.25, 0.3) is 0 Å². The Morgan fingerprint density at radius 2 is 2.00 bits per heavy atom. The van der Waals surface area contributed by atoms with Crippen molar-refractivity contribution in [2.75, 3.05) is 12.8 Å². The molecule has 0 aliphatic carbocycles. The molecule has 0 aliphatic rings. The third kappa shape index (κ3) is 2.01. The highest BCUT2D eigenvalue weighted by atomic mass is 16.5.